The molecular formula is C13H13N3O3S. The molecule has 6 nitrogen and oxygen atoms in total. The maximum Gasteiger partial charge on any atom is 0.293 e. The Morgan fingerprint density at radius 3 is 3.00 bits per heavy atom. The van der Waals surface area contributed by atoms with Gasteiger partial charge < -0.3 is 20.2 Å². The minimum atomic E-state index is -0.369. The molecule has 0 saturated heterocycles. The maximum absolute atomic E-state index is 11.9. The summed E-state index contributed by atoms with van der Waals surface area (Å²) in [6, 6.07) is 6.89. The van der Waals surface area contributed by atoms with Crippen molar-refractivity contribution in [1.29, 1.82) is 0 Å². The molecule has 0 unspecified atom stereocenters. The number of nitrogens with zero attached hydrogens (tertiary/aromatic N) is 1. The van der Waals surface area contributed by atoms with Crippen LogP contribution in [0.1, 0.15) is 16.2 Å². The molecule has 0 aliphatic heterocycles. The van der Waals surface area contributed by atoms with Crippen molar-refractivity contribution in [2.24, 2.45) is 5.73 Å². The molecule has 1 aromatic heterocycles. The minimum Gasteiger partial charge on any atom is -0.486 e. The number of carbonyl (C=O) groups is 1. The second-order valence-electron chi connectivity index (χ2n) is 4.00. The number of oxazole rings is 1. The van der Waals surface area contributed by atoms with E-state index in [4.69, 9.17) is 27.1 Å². The Hall–Kier alpha value is -2.41. The highest BCUT2D eigenvalue weighted by Crippen LogP contribution is 2.18. The first kappa shape index (κ1) is 14.0. The van der Waals surface area contributed by atoms with Crippen LogP contribution >= 0.6 is 12.2 Å². The summed E-state index contributed by atoms with van der Waals surface area (Å²) in [6.07, 6.45) is 1.23. The lowest BCUT2D eigenvalue weighted by Gasteiger charge is -2.08. The number of amides is 1. The normalized spacial score (nSPS) is 10.1. The van der Waals surface area contributed by atoms with Gasteiger partial charge in [0.2, 0.25) is 5.76 Å². The van der Waals surface area contributed by atoms with Crippen LogP contribution < -0.4 is 15.8 Å². The highest BCUT2D eigenvalue weighted by atomic mass is 32.1. The van der Waals surface area contributed by atoms with Gasteiger partial charge in [-0.05, 0) is 19.1 Å². The molecule has 20 heavy (non-hydrogen) atoms. The number of hydrogen-bond acceptors (Lipinski definition) is 5. The number of aryl methyl sites for hydroxylation is 1. The molecule has 2 rings (SSSR count). The molecule has 0 atom stereocenters. The van der Waals surface area contributed by atoms with Gasteiger partial charge in [0, 0.05) is 11.8 Å². The van der Waals surface area contributed by atoms with Gasteiger partial charge in [0.05, 0.1) is 5.69 Å². The highest BCUT2D eigenvalue weighted by Gasteiger charge is 2.14. The van der Waals surface area contributed by atoms with E-state index in [1.165, 1.54) is 6.39 Å². The molecule has 1 aromatic carbocycles. The van der Waals surface area contributed by atoms with Gasteiger partial charge in [0.15, 0.2) is 6.39 Å². The van der Waals surface area contributed by atoms with Crippen LogP contribution in [0.3, 0.4) is 0 Å². The van der Waals surface area contributed by atoms with E-state index in [0.29, 0.717) is 17.1 Å². The number of aromatic nitrogens is 1. The molecule has 0 spiro atoms. The Kier molecular flexibility index (Phi) is 4.31. The molecule has 0 bridgehead atoms. The molecule has 0 fully saturated rings. The van der Waals surface area contributed by atoms with Crippen molar-refractivity contribution in [3.8, 4) is 5.75 Å². The summed E-state index contributed by atoms with van der Waals surface area (Å²) in [5, 5.41) is 2.70. The third kappa shape index (κ3) is 3.55. The van der Waals surface area contributed by atoms with E-state index in [-0.39, 0.29) is 23.3 Å². The van der Waals surface area contributed by atoms with Crippen LogP contribution in [-0.4, -0.2) is 22.5 Å². The summed E-state index contributed by atoms with van der Waals surface area (Å²) in [4.78, 5) is 16.1. The number of ether oxygens (including phenoxy) is 1. The summed E-state index contributed by atoms with van der Waals surface area (Å²) in [6.45, 7) is 1.84. The van der Waals surface area contributed by atoms with E-state index < -0.39 is 0 Å². The third-order valence-electron chi connectivity index (χ3n) is 2.42. The lowest BCUT2D eigenvalue weighted by atomic mass is 10.3. The van der Waals surface area contributed by atoms with Crippen molar-refractivity contribution < 1.29 is 13.9 Å². The number of carbonyl (C=O) groups excluding carboxylic acids is 1. The Balaban J connectivity index is 2.06. The van der Waals surface area contributed by atoms with Crippen LogP contribution in [0.4, 0.5) is 5.69 Å². The Morgan fingerprint density at radius 1 is 1.55 bits per heavy atom. The van der Waals surface area contributed by atoms with E-state index >= 15 is 0 Å². The first-order valence-electron chi connectivity index (χ1n) is 5.79. The van der Waals surface area contributed by atoms with Crippen molar-refractivity contribution in [1.82, 2.24) is 4.98 Å². The van der Waals surface area contributed by atoms with Crippen molar-refractivity contribution in [3.63, 3.8) is 0 Å². The number of benzene rings is 1. The number of anilines is 1. The van der Waals surface area contributed by atoms with Gasteiger partial charge in [-0.1, -0.05) is 18.3 Å². The third-order valence-corrected chi connectivity index (χ3v) is 2.54. The van der Waals surface area contributed by atoms with Crippen molar-refractivity contribution in [2.45, 2.75) is 6.92 Å². The maximum atomic E-state index is 11.9. The van der Waals surface area contributed by atoms with Crippen molar-refractivity contribution in [3.05, 3.63) is 42.1 Å². The molecule has 0 saturated carbocycles. The van der Waals surface area contributed by atoms with Crippen LogP contribution in [0.2, 0.25) is 0 Å². The summed E-state index contributed by atoms with van der Waals surface area (Å²) >= 11 is 4.73. The Morgan fingerprint density at radius 2 is 2.35 bits per heavy atom. The van der Waals surface area contributed by atoms with E-state index in [1.807, 2.05) is 0 Å². The molecule has 0 aliphatic carbocycles. The topological polar surface area (TPSA) is 90.4 Å². The molecule has 3 N–H and O–H groups in total. The number of rotatable bonds is 5. The monoisotopic (exact) mass is 291 g/mol. The Labute approximate surface area is 120 Å². The predicted octanol–water partition coefficient (Wildman–Crippen LogP) is 1.90. The lowest BCUT2D eigenvalue weighted by molar-refractivity contribution is 0.0996. The molecule has 0 radical (unpaired) electrons. The van der Waals surface area contributed by atoms with Crippen LogP contribution in [0.15, 0.2) is 35.1 Å². The number of nitrogens with two attached hydrogens (primary N) is 1. The van der Waals surface area contributed by atoms with Gasteiger partial charge in [-0.15, -0.1) is 0 Å². The van der Waals surface area contributed by atoms with Crippen LogP contribution in [0.25, 0.3) is 0 Å². The fourth-order valence-electron chi connectivity index (χ4n) is 1.53. The van der Waals surface area contributed by atoms with Gasteiger partial charge in [-0.3, -0.25) is 4.79 Å². The first-order chi connectivity index (χ1) is 9.56. The predicted molar refractivity (Wildman–Crippen MR) is 77.9 cm³/mol. The van der Waals surface area contributed by atoms with Crippen molar-refractivity contribution >= 4 is 28.8 Å². The van der Waals surface area contributed by atoms with E-state index in [9.17, 15) is 4.79 Å². The summed E-state index contributed by atoms with van der Waals surface area (Å²) < 4.78 is 10.4. The smallest absolute Gasteiger partial charge is 0.293 e. The fraction of sp³-hybridized carbons (Fsp3) is 0.154. The zero-order valence-electron chi connectivity index (χ0n) is 10.8. The van der Waals surface area contributed by atoms with Crippen LogP contribution in [-0.2, 0) is 0 Å². The minimum absolute atomic E-state index is 0.147. The molecule has 0 aliphatic rings. The standard InChI is InChI=1S/C13H13N3O3S/c1-8-12(19-7-15-8)13(17)16-9-3-2-4-10(5-9)18-6-11(14)20/h2-5,7H,6H2,1H3,(H2,14,20)(H,16,17). The lowest BCUT2D eigenvalue weighted by Crippen LogP contribution is -2.18. The summed E-state index contributed by atoms with van der Waals surface area (Å²) in [7, 11) is 0. The average molecular weight is 291 g/mol. The molecular weight excluding hydrogens is 278 g/mol. The zero-order valence-corrected chi connectivity index (χ0v) is 11.6. The molecule has 7 heteroatoms. The van der Waals surface area contributed by atoms with Gasteiger partial charge in [0.25, 0.3) is 5.91 Å². The van der Waals surface area contributed by atoms with Crippen LogP contribution in [0.5, 0.6) is 5.75 Å². The summed E-state index contributed by atoms with van der Waals surface area (Å²) in [5.74, 6) is 0.371. The molecule has 2 aromatic rings. The zero-order chi connectivity index (χ0) is 14.5. The quantitative estimate of drug-likeness (QED) is 0.818. The van der Waals surface area contributed by atoms with Crippen molar-refractivity contribution in [2.75, 3.05) is 11.9 Å². The van der Waals surface area contributed by atoms with E-state index in [0.717, 1.165) is 0 Å². The Bertz CT molecular complexity index is 639. The second kappa shape index (κ2) is 6.16. The number of hydrogen-bond donors (Lipinski definition) is 2. The van der Waals surface area contributed by atoms with Gasteiger partial charge in [-0.25, -0.2) is 4.98 Å². The van der Waals surface area contributed by atoms with Gasteiger partial charge >= 0.3 is 0 Å². The highest BCUT2D eigenvalue weighted by molar-refractivity contribution is 7.80. The first-order valence-corrected chi connectivity index (χ1v) is 6.19. The molecule has 104 valence electrons. The molecule has 1 amide bonds. The molecule has 1 heterocycles. The number of nitrogens with one attached hydrogen (secondary N) is 1. The fourth-order valence-corrected chi connectivity index (χ4v) is 1.58. The van der Waals surface area contributed by atoms with Gasteiger partial charge in [-0.2, -0.15) is 0 Å². The van der Waals surface area contributed by atoms with Crippen LogP contribution in [0, 0.1) is 6.92 Å². The van der Waals surface area contributed by atoms with E-state index in [2.05, 4.69) is 10.3 Å². The second-order valence-corrected chi connectivity index (χ2v) is 4.53. The van der Waals surface area contributed by atoms with Gasteiger partial charge in [0.1, 0.15) is 17.3 Å². The number of thiocarbonyl (C=S) groups is 1. The SMILES string of the molecule is Cc1ncoc1C(=O)Nc1cccc(OCC(N)=S)c1. The largest absolute Gasteiger partial charge is 0.486 e. The average Bonchev–Trinajstić information content (AvgIpc) is 2.83. The van der Waals surface area contributed by atoms with E-state index in [1.54, 1.807) is 31.2 Å². The summed E-state index contributed by atoms with van der Waals surface area (Å²) in [5.41, 5.74) is 6.46.